The fraction of sp³-hybridized carbons (Fsp3) is 0.611. The number of halogens is 2. The summed E-state index contributed by atoms with van der Waals surface area (Å²) in [5.74, 6) is -3.76. The lowest BCUT2D eigenvalue weighted by atomic mass is 9.62. The van der Waals surface area contributed by atoms with E-state index in [4.69, 9.17) is 5.73 Å². The Balaban J connectivity index is 2.34. The van der Waals surface area contributed by atoms with Crippen LogP contribution in [0.4, 0.5) is 20.2 Å². The molecule has 0 amide bonds. The van der Waals surface area contributed by atoms with Crippen LogP contribution in [0.2, 0.25) is 0 Å². The van der Waals surface area contributed by atoms with Crippen molar-refractivity contribution in [2.24, 2.45) is 5.92 Å². The Kier molecular flexibility index (Phi) is 5.56. The Morgan fingerprint density at radius 3 is 2.32 bits per heavy atom. The van der Waals surface area contributed by atoms with E-state index in [1.807, 2.05) is 6.92 Å². The molecule has 0 saturated heterocycles. The molecular weight excluding hydrogens is 346 g/mol. The number of carboxylic acids is 1. The van der Waals surface area contributed by atoms with Gasteiger partial charge in [0.1, 0.15) is 5.41 Å². The van der Waals surface area contributed by atoms with Crippen molar-refractivity contribution in [3.63, 3.8) is 0 Å². The molecule has 0 bridgehead atoms. The van der Waals surface area contributed by atoms with Crippen LogP contribution in [0, 0.1) is 5.92 Å². The van der Waals surface area contributed by atoms with Crippen LogP contribution in [0.3, 0.4) is 0 Å². The molecule has 1 fully saturated rings. The van der Waals surface area contributed by atoms with Crippen LogP contribution in [0.5, 0.6) is 0 Å². The molecule has 4 nitrogen and oxygen atoms in total. The van der Waals surface area contributed by atoms with Gasteiger partial charge in [0.25, 0.3) is 5.92 Å². The number of nitrogen functional groups attached to an aromatic ring is 1. The van der Waals surface area contributed by atoms with E-state index in [9.17, 15) is 18.7 Å². The van der Waals surface area contributed by atoms with Crippen LogP contribution in [0.1, 0.15) is 39.2 Å². The minimum Gasteiger partial charge on any atom is -0.481 e. The molecule has 140 valence electrons. The molecule has 1 unspecified atom stereocenters. The highest BCUT2D eigenvalue weighted by Gasteiger charge is 2.62. The summed E-state index contributed by atoms with van der Waals surface area (Å²) in [6.07, 6.45) is -1.37. The van der Waals surface area contributed by atoms with Crippen LogP contribution >= 0.6 is 12.6 Å². The number of nitrogens with two attached hydrogens (primary N) is 1. The summed E-state index contributed by atoms with van der Waals surface area (Å²) in [5.41, 5.74) is 6.16. The number of hydrogen-bond donors (Lipinski definition) is 3. The van der Waals surface area contributed by atoms with Crippen molar-refractivity contribution < 1.29 is 18.7 Å². The van der Waals surface area contributed by atoms with Crippen LogP contribution in [-0.2, 0) is 10.2 Å². The molecule has 1 aromatic rings. The van der Waals surface area contributed by atoms with E-state index < -0.39 is 30.1 Å². The van der Waals surface area contributed by atoms with E-state index in [0.29, 0.717) is 23.7 Å². The second-order valence-corrected chi connectivity index (χ2v) is 8.40. The van der Waals surface area contributed by atoms with Gasteiger partial charge in [-0.1, -0.05) is 26.8 Å². The lowest BCUT2D eigenvalue weighted by molar-refractivity contribution is -0.174. The standard InChI is InChI=1S/C18H26F2N2O2S/c1-11(2)7-22(8-12(3)25)15-5-4-13(6-14(15)21)17(16(23)24)9-18(19,20)10-17/h4-6,11-12,25H,7-10,21H2,1-3H3,(H,23,24). The minimum atomic E-state index is -2.93. The third-order valence-corrected chi connectivity index (χ3v) is 4.68. The van der Waals surface area contributed by atoms with Crippen molar-refractivity contribution in [2.75, 3.05) is 23.7 Å². The van der Waals surface area contributed by atoms with Crippen LogP contribution in [-0.4, -0.2) is 35.3 Å². The molecule has 25 heavy (non-hydrogen) atoms. The van der Waals surface area contributed by atoms with Crippen molar-refractivity contribution >= 4 is 30.0 Å². The molecule has 1 aliphatic rings. The molecule has 1 saturated carbocycles. The number of hydrogen-bond acceptors (Lipinski definition) is 4. The molecule has 1 aromatic carbocycles. The molecule has 2 rings (SSSR count). The highest BCUT2D eigenvalue weighted by Crippen LogP contribution is 2.54. The van der Waals surface area contributed by atoms with E-state index in [1.54, 1.807) is 12.1 Å². The zero-order chi connectivity index (χ0) is 19.0. The lowest BCUT2D eigenvalue weighted by Crippen LogP contribution is -2.54. The summed E-state index contributed by atoms with van der Waals surface area (Å²) in [4.78, 5) is 13.7. The highest BCUT2D eigenvalue weighted by molar-refractivity contribution is 7.80. The van der Waals surface area contributed by atoms with Gasteiger partial charge in [-0.15, -0.1) is 0 Å². The van der Waals surface area contributed by atoms with Crippen molar-refractivity contribution in [1.82, 2.24) is 0 Å². The normalized spacial score (nSPS) is 19.3. The largest absolute Gasteiger partial charge is 0.481 e. The number of alkyl halides is 2. The van der Waals surface area contributed by atoms with Gasteiger partial charge in [0, 0.05) is 31.2 Å². The molecular formula is C18H26F2N2O2S. The Morgan fingerprint density at radius 1 is 1.32 bits per heavy atom. The van der Waals surface area contributed by atoms with Gasteiger partial charge >= 0.3 is 5.97 Å². The third kappa shape index (κ3) is 4.19. The van der Waals surface area contributed by atoms with Gasteiger partial charge in [0.2, 0.25) is 0 Å². The van der Waals surface area contributed by atoms with Gasteiger partial charge in [-0.3, -0.25) is 4.79 Å². The fourth-order valence-corrected chi connectivity index (χ4v) is 3.68. The molecule has 1 aliphatic carbocycles. The number of carboxylic acid groups (broad SMARTS) is 1. The summed E-state index contributed by atoms with van der Waals surface area (Å²) in [6, 6.07) is 4.89. The van der Waals surface area contributed by atoms with E-state index in [0.717, 1.165) is 12.2 Å². The zero-order valence-corrected chi connectivity index (χ0v) is 15.7. The quantitative estimate of drug-likeness (QED) is 0.503. The molecule has 0 heterocycles. The Morgan fingerprint density at radius 2 is 1.92 bits per heavy atom. The number of aliphatic carboxylic acids is 1. The number of benzene rings is 1. The number of thiol groups is 1. The van der Waals surface area contributed by atoms with Gasteiger partial charge in [-0.2, -0.15) is 12.6 Å². The van der Waals surface area contributed by atoms with E-state index in [2.05, 4.69) is 31.4 Å². The maximum Gasteiger partial charge on any atom is 0.314 e. The average molecular weight is 372 g/mol. The summed E-state index contributed by atoms with van der Waals surface area (Å²) in [5, 5.41) is 9.61. The summed E-state index contributed by atoms with van der Waals surface area (Å²) < 4.78 is 26.7. The molecule has 0 spiro atoms. The zero-order valence-electron chi connectivity index (χ0n) is 14.8. The predicted molar refractivity (Wildman–Crippen MR) is 99.8 cm³/mol. The number of carbonyl (C=O) groups is 1. The minimum absolute atomic E-state index is 0.133. The van der Waals surface area contributed by atoms with Crippen LogP contribution in [0.15, 0.2) is 18.2 Å². The monoisotopic (exact) mass is 372 g/mol. The number of anilines is 2. The van der Waals surface area contributed by atoms with E-state index in [-0.39, 0.29) is 5.25 Å². The second kappa shape index (κ2) is 7.02. The first-order valence-electron chi connectivity index (χ1n) is 8.41. The van der Waals surface area contributed by atoms with Gasteiger partial charge < -0.3 is 15.7 Å². The second-order valence-electron chi connectivity index (χ2n) is 7.52. The SMILES string of the molecule is CC(C)CN(CC(C)S)c1ccc(C2(C(=O)O)CC(F)(F)C2)cc1N. The Bertz CT molecular complexity index is 632. The molecule has 0 radical (unpaired) electrons. The highest BCUT2D eigenvalue weighted by atomic mass is 32.1. The maximum atomic E-state index is 13.4. The number of rotatable bonds is 7. The summed E-state index contributed by atoms with van der Waals surface area (Å²) >= 11 is 4.44. The average Bonchev–Trinajstić information content (AvgIpc) is 2.42. The van der Waals surface area contributed by atoms with Crippen LogP contribution < -0.4 is 10.6 Å². The van der Waals surface area contributed by atoms with Gasteiger partial charge in [0.05, 0.1) is 11.4 Å². The van der Waals surface area contributed by atoms with Gasteiger partial charge in [0.15, 0.2) is 0 Å². The van der Waals surface area contributed by atoms with Crippen molar-refractivity contribution in [3.8, 4) is 0 Å². The van der Waals surface area contributed by atoms with E-state index in [1.165, 1.54) is 6.07 Å². The summed E-state index contributed by atoms with van der Waals surface area (Å²) in [7, 11) is 0. The van der Waals surface area contributed by atoms with Gasteiger partial charge in [-0.25, -0.2) is 8.78 Å². The lowest BCUT2D eigenvalue weighted by Gasteiger charge is -2.44. The smallest absolute Gasteiger partial charge is 0.314 e. The van der Waals surface area contributed by atoms with Crippen molar-refractivity contribution in [1.29, 1.82) is 0 Å². The third-order valence-electron chi connectivity index (χ3n) is 4.52. The first-order valence-corrected chi connectivity index (χ1v) is 8.93. The molecule has 0 aliphatic heterocycles. The fourth-order valence-electron chi connectivity index (χ4n) is 3.48. The molecule has 0 aromatic heterocycles. The van der Waals surface area contributed by atoms with Crippen LogP contribution in [0.25, 0.3) is 0 Å². The number of nitrogens with zero attached hydrogens (tertiary/aromatic N) is 1. The van der Waals surface area contributed by atoms with Crippen molar-refractivity contribution in [2.45, 2.75) is 50.2 Å². The molecule has 7 heteroatoms. The molecule has 1 atom stereocenters. The first-order chi connectivity index (χ1) is 11.5. The Hall–Kier alpha value is -1.50. The predicted octanol–water partition coefficient (Wildman–Crippen LogP) is 3.80. The summed E-state index contributed by atoms with van der Waals surface area (Å²) in [6.45, 7) is 7.63. The maximum absolute atomic E-state index is 13.4. The van der Waals surface area contributed by atoms with E-state index >= 15 is 0 Å². The topological polar surface area (TPSA) is 66.6 Å². The first kappa shape index (κ1) is 19.8. The molecule has 3 N–H and O–H groups in total. The Labute approximate surface area is 152 Å². The van der Waals surface area contributed by atoms with Crippen molar-refractivity contribution in [3.05, 3.63) is 23.8 Å². The van der Waals surface area contributed by atoms with Gasteiger partial charge in [-0.05, 0) is 23.6 Å².